The van der Waals surface area contributed by atoms with E-state index in [9.17, 15) is 17.6 Å². The van der Waals surface area contributed by atoms with Gasteiger partial charge in [-0.25, -0.2) is 27.3 Å². The molecule has 0 radical (unpaired) electrons. The maximum absolute atomic E-state index is 14.4. The molecular formula is C22H26FN5O4S. The Balaban J connectivity index is 1.45. The fourth-order valence-electron chi connectivity index (χ4n) is 3.41. The highest BCUT2D eigenvalue weighted by molar-refractivity contribution is 7.90. The standard InChI is InChI=1S/C22H26FN5O4S/c1-22(2,3)32-21(29)27-33(30,31)19-7-6-15(9-18(19)24)25-10-16-12-28-11-14(13-4-5-13)8-17(23)20(28)26-16/h6-9,11-13,25H,4-5,10,24H2,1-3H3,(H,27,29). The number of aromatic nitrogens is 2. The number of ether oxygens (including phenoxy) is 1. The number of hydrogen-bond donors (Lipinski definition) is 3. The molecular weight excluding hydrogens is 449 g/mol. The first kappa shape index (κ1) is 22.8. The number of halogens is 1. The van der Waals surface area contributed by atoms with E-state index in [0.29, 0.717) is 17.3 Å². The minimum absolute atomic E-state index is 0.0498. The first-order valence-corrected chi connectivity index (χ1v) is 12.0. The maximum atomic E-state index is 14.4. The lowest BCUT2D eigenvalue weighted by molar-refractivity contribution is 0.0570. The molecule has 2 aromatic heterocycles. The molecule has 1 aliphatic carbocycles. The fraction of sp³-hybridized carbons (Fsp3) is 0.364. The highest BCUT2D eigenvalue weighted by Gasteiger charge is 2.26. The van der Waals surface area contributed by atoms with Crippen LogP contribution in [0.4, 0.5) is 20.6 Å². The van der Waals surface area contributed by atoms with Gasteiger partial charge >= 0.3 is 6.09 Å². The van der Waals surface area contributed by atoms with Gasteiger partial charge in [0.2, 0.25) is 0 Å². The lowest BCUT2D eigenvalue weighted by Crippen LogP contribution is -2.36. The third kappa shape index (κ3) is 5.36. The van der Waals surface area contributed by atoms with Crippen LogP contribution in [0.1, 0.15) is 50.8 Å². The number of pyridine rings is 1. The minimum Gasteiger partial charge on any atom is -0.443 e. The molecule has 4 N–H and O–H groups in total. The SMILES string of the molecule is CC(C)(C)OC(=O)NS(=O)(=O)c1ccc(NCc2cn3cc(C4CC4)cc(F)c3n2)cc1N. The number of fused-ring (bicyclic) bond motifs is 1. The molecule has 0 bridgehead atoms. The molecule has 0 atom stereocenters. The van der Waals surface area contributed by atoms with Crippen molar-refractivity contribution in [2.75, 3.05) is 11.1 Å². The molecule has 1 aliphatic rings. The van der Waals surface area contributed by atoms with Crippen molar-refractivity contribution in [3.8, 4) is 0 Å². The zero-order valence-electron chi connectivity index (χ0n) is 18.6. The van der Waals surface area contributed by atoms with Gasteiger partial charge < -0.3 is 20.2 Å². The Labute approximate surface area is 191 Å². The average Bonchev–Trinajstić information content (AvgIpc) is 3.44. The van der Waals surface area contributed by atoms with Crippen molar-refractivity contribution in [2.45, 2.75) is 56.6 Å². The van der Waals surface area contributed by atoms with Crippen LogP contribution in [-0.2, 0) is 21.3 Å². The predicted octanol–water partition coefficient (Wildman–Crippen LogP) is 3.76. The number of carbonyl (C=O) groups excluding carboxylic acids is 1. The van der Waals surface area contributed by atoms with Crippen LogP contribution in [0.2, 0.25) is 0 Å². The number of benzene rings is 1. The van der Waals surface area contributed by atoms with E-state index in [1.807, 2.05) is 10.9 Å². The van der Waals surface area contributed by atoms with E-state index < -0.39 is 21.7 Å². The molecule has 33 heavy (non-hydrogen) atoms. The van der Waals surface area contributed by atoms with Crippen LogP contribution in [0.25, 0.3) is 5.65 Å². The minimum atomic E-state index is -4.21. The van der Waals surface area contributed by atoms with E-state index >= 15 is 0 Å². The molecule has 0 unspecified atom stereocenters. The lowest BCUT2D eigenvalue weighted by Gasteiger charge is -2.19. The van der Waals surface area contributed by atoms with E-state index in [0.717, 1.165) is 18.4 Å². The number of anilines is 2. The number of sulfonamides is 1. The molecule has 1 fully saturated rings. The Morgan fingerprint density at radius 2 is 2.00 bits per heavy atom. The second-order valence-electron chi connectivity index (χ2n) is 9.07. The number of hydrogen-bond acceptors (Lipinski definition) is 7. The molecule has 3 aromatic rings. The molecule has 11 heteroatoms. The lowest BCUT2D eigenvalue weighted by atomic mass is 10.2. The summed E-state index contributed by atoms with van der Waals surface area (Å²) in [6.45, 7) is 5.15. The van der Waals surface area contributed by atoms with Gasteiger partial charge in [0.05, 0.1) is 17.9 Å². The van der Waals surface area contributed by atoms with Gasteiger partial charge in [-0.3, -0.25) is 0 Å². The molecule has 2 heterocycles. The number of nitrogens with one attached hydrogen (secondary N) is 2. The molecule has 1 aromatic carbocycles. The molecule has 0 aliphatic heterocycles. The average molecular weight is 476 g/mol. The highest BCUT2D eigenvalue weighted by Crippen LogP contribution is 2.40. The van der Waals surface area contributed by atoms with Crippen LogP contribution >= 0.6 is 0 Å². The zero-order valence-corrected chi connectivity index (χ0v) is 19.4. The van der Waals surface area contributed by atoms with Crippen molar-refractivity contribution >= 4 is 33.1 Å². The molecule has 4 rings (SSSR count). The smallest absolute Gasteiger partial charge is 0.421 e. The number of carbonyl (C=O) groups is 1. The molecule has 0 saturated heterocycles. The predicted molar refractivity (Wildman–Crippen MR) is 122 cm³/mol. The summed E-state index contributed by atoms with van der Waals surface area (Å²) in [7, 11) is -4.21. The van der Waals surface area contributed by atoms with Crippen molar-refractivity contribution in [2.24, 2.45) is 0 Å². The maximum Gasteiger partial charge on any atom is 0.421 e. The first-order chi connectivity index (χ1) is 15.4. The number of rotatable bonds is 6. The number of nitrogen functional groups attached to an aromatic ring is 1. The van der Waals surface area contributed by atoms with Crippen molar-refractivity contribution in [1.29, 1.82) is 0 Å². The second kappa shape index (κ2) is 8.22. The van der Waals surface area contributed by atoms with Gasteiger partial charge in [0.1, 0.15) is 10.5 Å². The highest BCUT2D eigenvalue weighted by atomic mass is 32.2. The number of nitrogens with zero attached hydrogens (tertiary/aromatic N) is 2. The van der Waals surface area contributed by atoms with E-state index in [4.69, 9.17) is 10.5 Å². The topological polar surface area (TPSA) is 128 Å². The summed E-state index contributed by atoms with van der Waals surface area (Å²) < 4.78 is 47.9. The Morgan fingerprint density at radius 3 is 2.64 bits per heavy atom. The molecule has 9 nitrogen and oxygen atoms in total. The van der Waals surface area contributed by atoms with Gasteiger partial charge in [0.15, 0.2) is 11.5 Å². The summed E-state index contributed by atoms with van der Waals surface area (Å²) in [6.07, 6.45) is 4.72. The summed E-state index contributed by atoms with van der Waals surface area (Å²) in [5.41, 5.74) is 7.42. The fourth-order valence-corrected chi connectivity index (χ4v) is 4.40. The molecule has 1 saturated carbocycles. The van der Waals surface area contributed by atoms with Crippen molar-refractivity contribution in [3.05, 3.63) is 53.7 Å². The van der Waals surface area contributed by atoms with Crippen LogP contribution in [0.3, 0.4) is 0 Å². The zero-order chi connectivity index (χ0) is 24.0. The first-order valence-electron chi connectivity index (χ1n) is 10.5. The van der Waals surface area contributed by atoms with Gasteiger partial charge in [-0.15, -0.1) is 0 Å². The summed E-state index contributed by atoms with van der Waals surface area (Å²) in [6, 6.07) is 5.78. The van der Waals surface area contributed by atoms with Gasteiger partial charge in [-0.1, -0.05) is 0 Å². The van der Waals surface area contributed by atoms with Gasteiger partial charge in [-0.2, -0.15) is 0 Å². The van der Waals surface area contributed by atoms with Crippen LogP contribution in [-0.4, -0.2) is 29.5 Å². The van der Waals surface area contributed by atoms with Crippen LogP contribution < -0.4 is 15.8 Å². The van der Waals surface area contributed by atoms with Crippen LogP contribution in [0.15, 0.2) is 41.6 Å². The summed E-state index contributed by atoms with van der Waals surface area (Å²) >= 11 is 0. The normalized spacial score (nSPS) is 14.3. The Hall–Kier alpha value is -3.34. The van der Waals surface area contributed by atoms with Crippen molar-refractivity contribution < 1.29 is 22.3 Å². The molecule has 176 valence electrons. The van der Waals surface area contributed by atoms with E-state index in [2.05, 4.69) is 10.3 Å². The van der Waals surface area contributed by atoms with Crippen LogP contribution in [0.5, 0.6) is 0 Å². The summed E-state index contributed by atoms with van der Waals surface area (Å²) in [5.74, 6) is 0.0670. The molecule has 1 amide bonds. The Kier molecular flexibility index (Phi) is 5.69. The summed E-state index contributed by atoms with van der Waals surface area (Å²) in [5, 5.41) is 3.10. The van der Waals surface area contributed by atoms with Crippen molar-refractivity contribution in [3.63, 3.8) is 0 Å². The molecule has 0 spiro atoms. The van der Waals surface area contributed by atoms with E-state index in [1.165, 1.54) is 18.2 Å². The monoisotopic (exact) mass is 475 g/mol. The second-order valence-corrected chi connectivity index (χ2v) is 10.7. The third-order valence-electron chi connectivity index (χ3n) is 5.02. The Morgan fingerprint density at radius 1 is 1.27 bits per heavy atom. The number of amides is 1. The van der Waals surface area contributed by atoms with Crippen molar-refractivity contribution in [1.82, 2.24) is 14.1 Å². The summed E-state index contributed by atoms with van der Waals surface area (Å²) in [4.78, 5) is 15.9. The van der Waals surface area contributed by atoms with Gasteiger partial charge in [0, 0.05) is 18.1 Å². The van der Waals surface area contributed by atoms with Gasteiger partial charge in [-0.05, 0) is 69.4 Å². The van der Waals surface area contributed by atoms with Crippen LogP contribution in [0, 0.1) is 5.82 Å². The quantitative estimate of drug-likeness (QED) is 0.463. The van der Waals surface area contributed by atoms with E-state index in [1.54, 1.807) is 37.4 Å². The third-order valence-corrected chi connectivity index (χ3v) is 6.40. The number of nitrogens with two attached hydrogens (primary N) is 1. The van der Waals surface area contributed by atoms with E-state index in [-0.39, 0.29) is 28.6 Å². The Bertz CT molecular complexity index is 1330. The van der Waals surface area contributed by atoms with Gasteiger partial charge in [0.25, 0.3) is 10.0 Å². The number of imidazole rings is 1. The largest absolute Gasteiger partial charge is 0.443 e.